The molecule has 0 saturated carbocycles. The smallest absolute Gasteiger partial charge is 0.268 e. The number of nitrogens with one attached hydrogen (secondary N) is 1. The van der Waals surface area contributed by atoms with Gasteiger partial charge in [0.15, 0.2) is 0 Å². The summed E-state index contributed by atoms with van der Waals surface area (Å²) >= 11 is 0. The summed E-state index contributed by atoms with van der Waals surface area (Å²) in [4.78, 5) is 48.4. The van der Waals surface area contributed by atoms with Gasteiger partial charge in [0.2, 0.25) is 11.8 Å². The number of carbonyl (C=O) groups excluding carboxylic acids is 3. The van der Waals surface area contributed by atoms with Gasteiger partial charge in [-0.2, -0.15) is 0 Å². The number of anilines is 1. The maximum Gasteiger partial charge on any atom is 0.268 e. The molecule has 3 fully saturated rings. The Kier molecular flexibility index (Phi) is 4.91. The van der Waals surface area contributed by atoms with E-state index < -0.39 is 5.91 Å². The summed E-state index contributed by atoms with van der Waals surface area (Å²) in [5, 5.41) is 2.91. The second-order valence-corrected chi connectivity index (χ2v) is 8.05. The molecule has 9 heteroatoms. The molecule has 0 aromatic carbocycles. The molecule has 0 spiro atoms. The summed E-state index contributed by atoms with van der Waals surface area (Å²) in [6.45, 7) is 3.44. The van der Waals surface area contributed by atoms with Crippen LogP contribution in [0, 0.1) is 11.8 Å². The topological polar surface area (TPSA) is 122 Å². The van der Waals surface area contributed by atoms with E-state index in [1.807, 2.05) is 0 Å². The predicted octanol–water partition coefficient (Wildman–Crippen LogP) is -0.0826. The zero-order valence-corrected chi connectivity index (χ0v) is 16.0. The Morgan fingerprint density at radius 3 is 2.82 bits per heavy atom. The van der Waals surface area contributed by atoms with Crippen LogP contribution in [0.2, 0.25) is 0 Å². The van der Waals surface area contributed by atoms with E-state index >= 15 is 0 Å². The second-order valence-electron chi connectivity index (χ2n) is 8.05. The van der Waals surface area contributed by atoms with Gasteiger partial charge in [-0.15, -0.1) is 0 Å². The van der Waals surface area contributed by atoms with Gasteiger partial charge in [-0.3, -0.25) is 19.4 Å². The maximum atomic E-state index is 12.7. The normalized spacial score (nSPS) is 29.2. The molecular formula is C19H26N6O3. The highest BCUT2D eigenvalue weighted by molar-refractivity contribution is 5.90. The molecule has 4 atom stereocenters. The minimum Gasteiger partial charge on any atom is -0.364 e. The molecule has 2 bridgehead atoms. The summed E-state index contributed by atoms with van der Waals surface area (Å²) in [7, 11) is 0. The molecule has 0 aliphatic carbocycles. The van der Waals surface area contributed by atoms with Gasteiger partial charge < -0.3 is 20.9 Å². The number of amides is 3. The third kappa shape index (κ3) is 3.41. The predicted molar refractivity (Wildman–Crippen MR) is 101 cm³/mol. The first-order valence-electron chi connectivity index (χ1n) is 9.86. The number of primary amides is 1. The summed E-state index contributed by atoms with van der Waals surface area (Å²) in [5.41, 5.74) is 5.50. The standard InChI is InChI=1S/C19H26N6O3/c1-11(26)22-7-16-13-5-12(15-3-2-4-18(27)25(15)16)9-24(10-13)17-8-21-6-14(23-17)19(20)28/h6,8,12-13,15-16H,2-5,7,9-10H2,1H3,(H2,20,28)(H,22,26)/t12-,13+,15+,16+/m1/s1. The number of aromatic nitrogens is 2. The van der Waals surface area contributed by atoms with E-state index in [0.29, 0.717) is 31.2 Å². The lowest BCUT2D eigenvalue weighted by molar-refractivity contribution is -0.149. The van der Waals surface area contributed by atoms with Gasteiger partial charge in [0.1, 0.15) is 11.5 Å². The van der Waals surface area contributed by atoms with Crippen LogP contribution in [0.1, 0.15) is 43.1 Å². The molecule has 3 aliphatic heterocycles. The minimum absolute atomic E-state index is 0.0203. The number of rotatable bonds is 4. The van der Waals surface area contributed by atoms with Crippen LogP contribution in [0.25, 0.3) is 0 Å². The van der Waals surface area contributed by atoms with Crippen molar-refractivity contribution in [3.8, 4) is 0 Å². The van der Waals surface area contributed by atoms with E-state index in [2.05, 4.69) is 25.1 Å². The summed E-state index contributed by atoms with van der Waals surface area (Å²) in [6.07, 6.45) is 6.53. The first-order valence-corrected chi connectivity index (χ1v) is 9.86. The Hall–Kier alpha value is -2.71. The third-order valence-corrected chi connectivity index (χ3v) is 6.26. The average molecular weight is 386 g/mol. The maximum absolute atomic E-state index is 12.7. The first kappa shape index (κ1) is 18.6. The van der Waals surface area contributed by atoms with Gasteiger partial charge >= 0.3 is 0 Å². The van der Waals surface area contributed by atoms with Crippen molar-refractivity contribution < 1.29 is 14.4 Å². The molecule has 9 nitrogen and oxygen atoms in total. The zero-order valence-electron chi connectivity index (χ0n) is 16.0. The van der Waals surface area contributed by atoms with Crippen molar-refractivity contribution in [1.29, 1.82) is 0 Å². The number of nitrogens with zero attached hydrogens (tertiary/aromatic N) is 4. The minimum atomic E-state index is -0.598. The Balaban J connectivity index is 1.62. The Labute approximate surface area is 163 Å². The summed E-state index contributed by atoms with van der Waals surface area (Å²) < 4.78 is 0. The number of hydrogen-bond donors (Lipinski definition) is 2. The fourth-order valence-electron chi connectivity index (χ4n) is 5.10. The number of nitrogens with two attached hydrogens (primary N) is 1. The second kappa shape index (κ2) is 7.37. The van der Waals surface area contributed by atoms with Gasteiger partial charge in [0.05, 0.1) is 18.4 Å². The molecule has 3 N–H and O–H groups in total. The van der Waals surface area contributed by atoms with Crippen LogP contribution >= 0.6 is 0 Å². The fraction of sp³-hybridized carbons (Fsp3) is 0.632. The molecule has 0 unspecified atom stereocenters. The van der Waals surface area contributed by atoms with Gasteiger partial charge in [0, 0.05) is 39.0 Å². The first-order chi connectivity index (χ1) is 13.4. The third-order valence-electron chi connectivity index (χ3n) is 6.26. The van der Waals surface area contributed by atoms with Crippen molar-refractivity contribution in [1.82, 2.24) is 20.2 Å². The van der Waals surface area contributed by atoms with Crippen molar-refractivity contribution in [2.24, 2.45) is 17.6 Å². The van der Waals surface area contributed by atoms with Crippen LogP contribution in [0.15, 0.2) is 12.4 Å². The van der Waals surface area contributed by atoms with Crippen molar-refractivity contribution in [2.75, 3.05) is 24.5 Å². The SMILES string of the molecule is CC(=O)NC[C@H]1[C@H]2C[C@H](CN(c3cncc(C(N)=O)n3)C2)[C@@H]2CCCC(=O)N21. The highest BCUT2D eigenvalue weighted by atomic mass is 16.2. The van der Waals surface area contributed by atoms with E-state index in [1.54, 1.807) is 6.20 Å². The molecule has 150 valence electrons. The lowest BCUT2D eigenvalue weighted by atomic mass is 9.72. The summed E-state index contributed by atoms with van der Waals surface area (Å²) in [5.74, 6) is 0.721. The van der Waals surface area contributed by atoms with Crippen LogP contribution < -0.4 is 16.0 Å². The lowest BCUT2D eigenvalue weighted by Gasteiger charge is -2.56. The van der Waals surface area contributed by atoms with Gasteiger partial charge in [-0.25, -0.2) is 4.98 Å². The molecule has 3 saturated heterocycles. The van der Waals surface area contributed by atoms with Crippen LogP contribution in [0.3, 0.4) is 0 Å². The summed E-state index contributed by atoms with van der Waals surface area (Å²) in [6, 6.07) is 0.166. The number of hydrogen-bond acceptors (Lipinski definition) is 6. The van der Waals surface area contributed by atoms with Crippen molar-refractivity contribution >= 4 is 23.5 Å². The molecule has 1 aromatic rings. The van der Waals surface area contributed by atoms with Gasteiger partial charge in [0.25, 0.3) is 5.91 Å². The van der Waals surface area contributed by atoms with E-state index in [1.165, 1.54) is 13.1 Å². The fourth-order valence-corrected chi connectivity index (χ4v) is 5.10. The molecule has 3 aliphatic rings. The molecular weight excluding hydrogens is 360 g/mol. The zero-order chi connectivity index (χ0) is 19.8. The van der Waals surface area contributed by atoms with Crippen LogP contribution in [-0.2, 0) is 9.59 Å². The van der Waals surface area contributed by atoms with E-state index in [4.69, 9.17) is 5.73 Å². The Morgan fingerprint density at radius 1 is 1.29 bits per heavy atom. The van der Waals surface area contributed by atoms with Gasteiger partial charge in [-0.1, -0.05) is 0 Å². The van der Waals surface area contributed by atoms with Crippen molar-refractivity contribution in [3.05, 3.63) is 18.1 Å². The van der Waals surface area contributed by atoms with Crippen molar-refractivity contribution in [3.63, 3.8) is 0 Å². The number of fused-ring (bicyclic) bond motifs is 4. The molecule has 4 heterocycles. The van der Waals surface area contributed by atoms with Crippen LogP contribution in [0.5, 0.6) is 0 Å². The highest BCUT2D eigenvalue weighted by Gasteiger charge is 2.49. The molecule has 28 heavy (non-hydrogen) atoms. The highest BCUT2D eigenvalue weighted by Crippen LogP contribution is 2.42. The molecule has 1 aromatic heterocycles. The molecule has 0 radical (unpaired) electrons. The van der Waals surface area contributed by atoms with E-state index in [9.17, 15) is 14.4 Å². The monoisotopic (exact) mass is 386 g/mol. The van der Waals surface area contributed by atoms with E-state index in [-0.39, 0.29) is 35.5 Å². The number of piperidine rings is 3. The Morgan fingerprint density at radius 2 is 2.07 bits per heavy atom. The largest absolute Gasteiger partial charge is 0.364 e. The number of carbonyl (C=O) groups is 3. The van der Waals surface area contributed by atoms with Crippen LogP contribution in [0.4, 0.5) is 5.82 Å². The average Bonchev–Trinajstić information content (AvgIpc) is 2.68. The molecule has 4 rings (SSSR count). The van der Waals surface area contributed by atoms with Crippen LogP contribution in [-0.4, -0.2) is 64.3 Å². The quantitative estimate of drug-likeness (QED) is 0.746. The molecule has 3 amide bonds. The van der Waals surface area contributed by atoms with E-state index in [0.717, 1.165) is 25.8 Å². The Bertz CT molecular complexity index is 800. The lowest BCUT2D eigenvalue weighted by Crippen LogP contribution is -2.67. The van der Waals surface area contributed by atoms with Gasteiger partial charge in [-0.05, 0) is 31.1 Å². The van der Waals surface area contributed by atoms with Crippen molar-refractivity contribution in [2.45, 2.75) is 44.7 Å².